The van der Waals surface area contributed by atoms with Crippen LogP contribution in [0.2, 0.25) is 0 Å². The van der Waals surface area contributed by atoms with Crippen molar-refractivity contribution in [2.75, 3.05) is 16.4 Å². The number of rotatable bonds is 4. The quantitative estimate of drug-likeness (QED) is 0.745. The summed E-state index contributed by atoms with van der Waals surface area (Å²) in [7, 11) is -3.07. The Hall–Kier alpha value is -2.12. The number of nitrogens with zero attached hydrogens (tertiary/aromatic N) is 2. The van der Waals surface area contributed by atoms with E-state index in [4.69, 9.17) is 0 Å². The lowest BCUT2D eigenvalue weighted by Gasteiger charge is -2.28. The first-order valence-electron chi connectivity index (χ1n) is 9.72. The minimum atomic E-state index is -3.07. The summed E-state index contributed by atoms with van der Waals surface area (Å²) < 4.78 is 24.5. The monoisotopic (exact) mass is 428 g/mol. The third-order valence-corrected chi connectivity index (χ3v) is 8.65. The summed E-state index contributed by atoms with van der Waals surface area (Å²) in [5.74, 6) is 0.0758. The molecule has 0 N–H and O–H groups in total. The molecule has 1 amide bonds. The molecule has 2 aromatic rings. The van der Waals surface area contributed by atoms with Crippen molar-refractivity contribution in [3.05, 3.63) is 65.2 Å². The number of aryl methyl sites for hydroxylation is 3. The van der Waals surface area contributed by atoms with Gasteiger partial charge < -0.3 is 4.90 Å². The predicted octanol–water partition coefficient (Wildman–Crippen LogP) is 3.54. The number of para-hydroxylation sites is 1. The van der Waals surface area contributed by atoms with Gasteiger partial charge in [-0.15, -0.1) is 0 Å². The minimum Gasteiger partial charge on any atom is -0.315 e. The lowest BCUT2D eigenvalue weighted by atomic mass is 10.1. The van der Waals surface area contributed by atoms with Crippen LogP contribution in [-0.2, 0) is 21.1 Å². The molecule has 152 valence electrons. The van der Waals surface area contributed by atoms with Crippen LogP contribution in [0.15, 0.2) is 53.5 Å². The van der Waals surface area contributed by atoms with Gasteiger partial charge >= 0.3 is 0 Å². The second-order valence-electron chi connectivity index (χ2n) is 7.68. The van der Waals surface area contributed by atoms with E-state index in [9.17, 15) is 13.2 Å². The Morgan fingerprint density at radius 2 is 1.76 bits per heavy atom. The maximum Gasteiger partial charge on any atom is 0.248 e. The summed E-state index contributed by atoms with van der Waals surface area (Å²) in [6.45, 7) is 4.03. The highest BCUT2D eigenvalue weighted by Gasteiger charge is 2.49. The Labute approximate surface area is 176 Å². The van der Waals surface area contributed by atoms with E-state index in [-0.39, 0.29) is 28.7 Å². The van der Waals surface area contributed by atoms with Crippen LogP contribution < -0.4 is 4.90 Å². The predicted molar refractivity (Wildman–Crippen MR) is 119 cm³/mol. The van der Waals surface area contributed by atoms with Gasteiger partial charge in [-0.25, -0.2) is 8.42 Å². The van der Waals surface area contributed by atoms with E-state index in [1.807, 2.05) is 67.3 Å². The summed E-state index contributed by atoms with van der Waals surface area (Å²) in [6.07, 6.45) is 0.980. The fraction of sp³-hybridized carbons (Fsp3) is 0.364. The molecule has 5 nitrogen and oxygen atoms in total. The molecule has 0 bridgehead atoms. The van der Waals surface area contributed by atoms with Crippen molar-refractivity contribution in [1.82, 2.24) is 0 Å². The average molecular weight is 429 g/mol. The van der Waals surface area contributed by atoms with Gasteiger partial charge in [0.15, 0.2) is 15.0 Å². The van der Waals surface area contributed by atoms with E-state index in [1.54, 1.807) is 0 Å². The number of carbonyl (C=O) groups excluding carboxylic acids is 1. The SMILES string of the molecule is Cc1cccc(C)c1N1C(=NC(=O)CCc2ccccc2)SC2CS(=O)(=O)CC21. The average Bonchev–Trinajstić information content (AvgIpc) is 3.13. The maximum atomic E-state index is 12.6. The first-order valence-corrected chi connectivity index (χ1v) is 12.4. The van der Waals surface area contributed by atoms with Crippen molar-refractivity contribution in [2.24, 2.45) is 4.99 Å². The molecule has 0 radical (unpaired) electrons. The molecular formula is C22H24N2O3S2. The molecule has 0 saturated carbocycles. The van der Waals surface area contributed by atoms with Gasteiger partial charge in [-0.1, -0.05) is 60.3 Å². The highest BCUT2D eigenvalue weighted by atomic mass is 32.2. The van der Waals surface area contributed by atoms with Crippen molar-refractivity contribution in [1.29, 1.82) is 0 Å². The van der Waals surface area contributed by atoms with Gasteiger partial charge in [-0.3, -0.25) is 4.79 Å². The number of benzene rings is 2. The smallest absolute Gasteiger partial charge is 0.248 e. The van der Waals surface area contributed by atoms with Gasteiger partial charge in [0, 0.05) is 17.4 Å². The van der Waals surface area contributed by atoms with Crippen LogP contribution in [0.3, 0.4) is 0 Å². The number of sulfone groups is 1. The largest absolute Gasteiger partial charge is 0.315 e. The second-order valence-corrected chi connectivity index (χ2v) is 11.0. The van der Waals surface area contributed by atoms with Crippen LogP contribution in [-0.4, -0.2) is 42.3 Å². The number of fused-ring (bicyclic) bond motifs is 1. The zero-order chi connectivity index (χ0) is 20.6. The summed E-state index contributed by atoms with van der Waals surface area (Å²) in [5.41, 5.74) is 4.19. The van der Waals surface area contributed by atoms with Gasteiger partial charge in [0.25, 0.3) is 0 Å². The Balaban J connectivity index is 1.63. The maximum absolute atomic E-state index is 12.6. The first kappa shape index (κ1) is 20.2. The molecule has 2 aliphatic heterocycles. The zero-order valence-corrected chi connectivity index (χ0v) is 18.2. The molecule has 7 heteroatoms. The number of hydrogen-bond acceptors (Lipinski definition) is 4. The Morgan fingerprint density at radius 3 is 2.45 bits per heavy atom. The number of amidine groups is 1. The molecule has 29 heavy (non-hydrogen) atoms. The van der Waals surface area contributed by atoms with E-state index in [0.717, 1.165) is 22.4 Å². The van der Waals surface area contributed by atoms with Crippen LogP contribution in [0.4, 0.5) is 5.69 Å². The fourth-order valence-corrected chi connectivity index (χ4v) is 7.99. The number of anilines is 1. The van der Waals surface area contributed by atoms with E-state index in [2.05, 4.69) is 4.99 Å². The van der Waals surface area contributed by atoms with Gasteiger partial charge in [-0.2, -0.15) is 4.99 Å². The summed E-state index contributed by atoms with van der Waals surface area (Å²) in [4.78, 5) is 19.1. The van der Waals surface area contributed by atoms with Crippen LogP contribution in [0.1, 0.15) is 23.1 Å². The summed E-state index contributed by atoms with van der Waals surface area (Å²) in [6, 6.07) is 15.7. The molecular weight excluding hydrogens is 404 g/mol. The van der Waals surface area contributed by atoms with E-state index < -0.39 is 9.84 Å². The van der Waals surface area contributed by atoms with Gasteiger partial charge in [0.1, 0.15) is 0 Å². The molecule has 2 atom stereocenters. The topological polar surface area (TPSA) is 66.8 Å². The van der Waals surface area contributed by atoms with Crippen molar-refractivity contribution >= 4 is 38.4 Å². The molecule has 2 aliphatic rings. The molecule has 2 fully saturated rings. The minimum absolute atomic E-state index is 0.0836. The zero-order valence-electron chi connectivity index (χ0n) is 16.5. The molecule has 2 aromatic carbocycles. The van der Waals surface area contributed by atoms with E-state index >= 15 is 0 Å². The second kappa shape index (κ2) is 7.95. The summed E-state index contributed by atoms with van der Waals surface area (Å²) >= 11 is 1.43. The number of thioether (sulfide) groups is 1. The lowest BCUT2D eigenvalue weighted by Crippen LogP contribution is -2.38. The molecule has 4 rings (SSSR count). The van der Waals surface area contributed by atoms with Crippen molar-refractivity contribution in [3.8, 4) is 0 Å². The number of carbonyl (C=O) groups is 1. The summed E-state index contributed by atoms with van der Waals surface area (Å²) in [5, 5.41) is 0.546. The van der Waals surface area contributed by atoms with Crippen molar-refractivity contribution in [3.63, 3.8) is 0 Å². The van der Waals surface area contributed by atoms with Gasteiger partial charge in [0.2, 0.25) is 5.91 Å². The van der Waals surface area contributed by atoms with Gasteiger partial charge in [-0.05, 0) is 37.0 Å². The highest BCUT2D eigenvalue weighted by molar-refractivity contribution is 8.16. The third kappa shape index (κ3) is 4.26. The highest BCUT2D eigenvalue weighted by Crippen LogP contribution is 2.43. The molecule has 2 saturated heterocycles. The molecule has 2 heterocycles. The molecule has 0 aromatic heterocycles. The first-order chi connectivity index (χ1) is 13.8. The van der Waals surface area contributed by atoms with Crippen LogP contribution in [0.5, 0.6) is 0 Å². The van der Waals surface area contributed by atoms with E-state index in [0.29, 0.717) is 18.0 Å². The van der Waals surface area contributed by atoms with Crippen LogP contribution >= 0.6 is 11.8 Å². The van der Waals surface area contributed by atoms with Crippen LogP contribution in [0.25, 0.3) is 0 Å². The third-order valence-electron chi connectivity index (χ3n) is 5.44. The molecule has 2 unspecified atom stereocenters. The van der Waals surface area contributed by atoms with Crippen molar-refractivity contribution < 1.29 is 13.2 Å². The molecule has 0 aliphatic carbocycles. The van der Waals surface area contributed by atoms with Crippen LogP contribution in [0, 0.1) is 13.8 Å². The lowest BCUT2D eigenvalue weighted by molar-refractivity contribution is -0.117. The standard InChI is InChI=1S/C22H24N2O3S2/c1-15-7-6-8-16(2)21(15)24-18-13-29(26,27)14-19(18)28-22(24)23-20(25)12-11-17-9-4-3-5-10-17/h3-10,18-19H,11-14H2,1-2H3. The molecule has 0 spiro atoms. The number of amides is 1. The normalized spacial score (nSPS) is 24.1. The van der Waals surface area contributed by atoms with Gasteiger partial charge in [0.05, 0.1) is 17.5 Å². The Bertz CT molecular complexity index is 1040. The Kier molecular flexibility index (Phi) is 5.53. The number of hydrogen-bond donors (Lipinski definition) is 0. The Morgan fingerprint density at radius 1 is 1.07 bits per heavy atom. The number of aliphatic imine (C=N–C) groups is 1. The van der Waals surface area contributed by atoms with Crippen molar-refractivity contribution in [2.45, 2.75) is 38.0 Å². The fourth-order valence-electron chi connectivity index (χ4n) is 4.07. The van der Waals surface area contributed by atoms with E-state index in [1.165, 1.54) is 11.8 Å².